The molecular weight excluding hydrogens is 242 g/mol. The highest BCUT2D eigenvalue weighted by atomic mass is 16.5. The van der Waals surface area contributed by atoms with Crippen molar-refractivity contribution >= 4 is 5.91 Å². The summed E-state index contributed by atoms with van der Waals surface area (Å²) in [4.78, 5) is 16.0. The molecule has 3 N–H and O–H groups in total. The number of ether oxygens (including phenoxy) is 1. The van der Waals surface area contributed by atoms with E-state index in [2.05, 4.69) is 22.1 Å². The quantitative estimate of drug-likeness (QED) is 0.759. The topological polar surface area (TPSA) is 77.2 Å². The predicted molar refractivity (Wildman–Crippen MR) is 73.6 cm³/mol. The molecule has 5 nitrogen and oxygen atoms in total. The van der Waals surface area contributed by atoms with Crippen LogP contribution in [0, 0.1) is 11.8 Å². The van der Waals surface area contributed by atoms with Gasteiger partial charge < -0.3 is 15.8 Å². The number of methoxy groups -OCH3 is 1. The van der Waals surface area contributed by atoms with Crippen LogP contribution in [0.4, 0.5) is 0 Å². The number of hydrogen-bond donors (Lipinski definition) is 2. The highest BCUT2D eigenvalue weighted by Crippen LogP contribution is 2.01. The maximum Gasteiger partial charge on any atom is 0.270 e. The molecule has 1 unspecified atom stereocenters. The second kappa shape index (κ2) is 8.25. The number of nitrogens with two attached hydrogens (primary N) is 1. The van der Waals surface area contributed by atoms with Crippen molar-refractivity contribution in [2.75, 3.05) is 20.3 Å². The minimum absolute atomic E-state index is 0.00370. The Hall–Kier alpha value is -1.90. The molecule has 0 radical (unpaired) electrons. The Bertz CT molecular complexity index is 460. The molecule has 1 rings (SSSR count). The maximum atomic E-state index is 11.9. The summed E-state index contributed by atoms with van der Waals surface area (Å²) < 4.78 is 5.03. The molecule has 1 aromatic heterocycles. The summed E-state index contributed by atoms with van der Waals surface area (Å²) in [6.07, 6.45) is 2.37. The number of pyridine rings is 1. The first kappa shape index (κ1) is 15.2. The van der Waals surface area contributed by atoms with Crippen LogP contribution in [-0.4, -0.2) is 37.2 Å². The predicted octanol–water partition coefficient (Wildman–Crippen LogP) is 0.547. The largest absolute Gasteiger partial charge is 0.383 e. The highest BCUT2D eigenvalue weighted by molar-refractivity contribution is 5.92. The number of aromatic nitrogens is 1. The third-order valence-electron chi connectivity index (χ3n) is 2.53. The van der Waals surface area contributed by atoms with E-state index >= 15 is 0 Å². The summed E-state index contributed by atoms with van der Waals surface area (Å²) in [5.41, 5.74) is 6.39. The summed E-state index contributed by atoms with van der Waals surface area (Å²) >= 11 is 0. The van der Waals surface area contributed by atoms with E-state index in [0.29, 0.717) is 18.8 Å². The molecule has 19 heavy (non-hydrogen) atoms. The number of nitrogens with zero attached hydrogens (tertiary/aromatic N) is 1. The first-order chi connectivity index (χ1) is 9.21. The van der Waals surface area contributed by atoms with Crippen LogP contribution in [0.15, 0.2) is 18.3 Å². The molecule has 0 aliphatic rings. The molecule has 102 valence electrons. The van der Waals surface area contributed by atoms with Crippen LogP contribution in [0.25, 0.3) is 0 Å². The second-order valence-electron chi connectivity index (χ2n) is 3.97. The summed E-state index contributed by atoms with van der Waals surface area (Å²) in [5, 5.41) is 2.86. The SMILES string of the molecule is CCC(COC)NC(=O)c1ccc(C#CCN)cn1. The third kappa shape index (κ3) is 5.08. The lowest BCUT2D eigenvalue weighted by Crippen LogP contribution is -2.37. The fraction of sp³-hybridized carbons (Fsp3) is 0.429. The Kier molecular flexibility index (Phi) is 6.58. The summed E-state index contributed by atoms with van der Waals surface area (Å²) in [7, 11) is 1.61. The fourth-order valence-electron chi connectivity index (χ4n) is 1.48. The number of nitrogens with one attached hydrogen (secondary N) is 1. The zero-order chi connectivity index (χ0) is 14.1. The molecule has 1 amide bonds. The molecule has 0 aliphatic carbocycles. The average Bonchev–Trinajstić information content (AvgIpc) is 2.45. The van der Waals surface area contributed by atoms with Crippen LogP contribution in [0.5, 0.6) is 0 Å². The van der Waals surface area contributed by atoms with Crippen molar-refractivity contribution in [2.45, 2.75) is 19.4 Å². The fourth-order valence-corrected chi connectivity index (χ4v) is 1.48. The van der Waals surface area contributed by atoms with Gasteiger partial charge in [-0.2, -0.15) is 0 Å². The number of hydrogen-bond acceptors (Lipinski definition) is 4. The zero-order valence-electron chi connectivity index (χ0n) is 11.3. The Morgan fingerprint density at radius 1 is 1.58 bits per heavy atom. The third-order valence-corrected chi connectivity index (χ3v) is 2.53. The molecular formula is C14H19N3O2. The van der Waals surface area contributed by atoms with Gasteiger partial charge in [0.25, 0.3) is 5.91 Å². The van der Waals surface area contributed by atoms with Gasteiger partial charge in [-0.25, -0.2) is 4.98 Å². The van der Waals surface area contributed by atoms with E-state index < -0.39 is 0 Å². The average molecular weight is 261 g/mol. The van der Waals surface area contributed by atoms with Gasteiger partial charge in [0.15, 0.2) is 0 Å². The van der Waals surface area contributed by atoms with E-state index in [0.717, 1.165) is 12.0 Å². The highest BCUT2D eigenvalue weighted by Gasteiger charge is 2.12. The van der Waals surface area contributed by atoms with Crippen LogP contribution in [0.3, 0.4) is 0 Å². The van der Waals surface area contributed by atoms with Gasteiger partial charge >= 0.3 is 0 Å². The van der Waals surface area contributed by atoms with Gasteiger partial charge in [0.1, 0.15) is 5.69 Å². The van der Waals surface area contributed by atoms with Gasteiger partial charge in [-0.05, 0) is 18.6 Å². The summed E-state index contributed by atoms with van der Waals surface area (Å²) in [5.74, 6) is 5.38. The first-order valence-corrected chi connectivity index (χ1v) is 6.16. The molecule has 1 aromatic rings. The van der Waals surface area contributed by atoms with Crippen LogP contribution >= 0.6 is 0 Å². The lowest BCUT2D eigenvalue weighted by molar-refractivity contribution is 0.0889. The monoisotopic (exact) mass is 261 g/mol. The number of carbonyl (C=O) groups excluding carboxylic acids is 1. The Morgan fingerprint density at radius 3 is 2.89 bits per heavy atom. The van der Waals surface area contributed by atoms with Crippen molar-refractivity contribution in [1.29, 1.82) is 0 Å². The number of rotatable bonds is 5. The van der Waals surface area contributed by atoms with Gasteiger partial charge in [0.2, 0.25) is 0 Å². The van der Waals surface area contributed by atoms with E-state index in [9.17, 15) is 4.79 Å². The Labute approximate surface area is 113 Å². The minimum atomic E-state index is -0.206. The summed E-state index contributed by atoms with van der Waals surface area (Å²) in [6.45, 7) is 2.78. The first-order valence-electron chi connectivity index (χ1n) is 6.16. The Balaban J connectivity index is 2.67. The van der Waals surface area contributed by atoms with Crippen LogP contribution in [0.2, 0.25) is 0 Å². The minimum Gasteiger partial charge on any atom is -0.383 e. The molecule has 5 heteroatoms. The van der Waals surface area contributed by atoms with Crippen molar-refractivity contribution < 1.29 is 9.53 Å². The summed E-state index contributed by atoms with van der Waals surface area (Å²) in [6, 6.07) is 3.40. The normalized spacial score (nSPS) is 11.3. The smallest absolute Gasteiger partial charge is 0.270 e. The molecule has 0 aromatic carbocycles. The van der Waals surface area contributed by atoms with Gasteiger partial charge in [-0.1, -0.05) is 18.8 Å². The van der Waals surface area contributed by atoms with Crippen molar-refractivity contribution in [3.63, 3.8) is 0 Å². The van der Waals surface area contributed by atoms with Gasteiger partial charge in [0, 0.05) is 18.9 Å². The van der Waals surface area contributed by atoms with Crippen LogP contribution in [-0.2, 0) is 4.74 Å². The van der Waals surface area contributed by atoms with Crippen LogP contribution < -0.4 is 11.1 Å². The van der Waals surface area contributed by atoms with Gasteiger partial charge in [-0.15, -0.1) is 0 Å². The van der Waals surface area contributed by atoms with Crippen molar-refractivity contribution in [1.82, 2.24) is 10.3 Å². The lowest BCUT2D eigenvalue weighted by Gasteiger charge is -2.15. The van der Waals surface area contributed by atoms with Crippen LogP contribution in [0.1, 0.15) is 29.4 Å². The van der Waals surface area contributed by atoms with Crippen molar-refractivity contribution in [3.05, 3.63) is 29.6 Å². The van der Waals surface area contributed by atoms with E-state index in [-0.39, 0.29) is 11.9 Å². The molecule has 0 aliphatic heterocycles. The van der Waals surface area contributed by atoms with E-state index in [1.165, 1.54) is 0 Å². The number of amides is 1. The van der Waals surface area contributed by atoms with E-state index in [4.69, 9.17) is 10.5 Å². The van der Waals surface area contributed by atoms with Crippen molar-refractivity contribution in [2.24, 2.45) is 5.73 Å². The molecule has 1 atom stereocenters. The molecule has 0 fully saturated rings. The van der Waals surface area contributed by atoms with Gasteiger partial charge in [0.05, 0.1) is 19.2 Å². The molecule has 0 saturated carbocycles. The van der Waals surface area contributed by atoms with Crippen molar-refractivity contribution in [3.8, 4) is 11.8 Å². The molecule has 1 heterocycles. The molecule has 0 bridgehead atoms. The number of carbonyl (C=O) groups is 1. The van der Waals surface area contributed by atoms with E-state index in [1.54, 1.807) is 25.4 Å². The molecule has 0 spiro atoms. The van der Waals surface area contributed by atoms with E-state index in [1.807, 2.05) is 6.92 Å². The Morgan fingerprint density at radius 2 is 2.37 bits per heavy atom. The zero-order valence-corrected chi connectivity index (χ0v) is 11.3. The standard InChI is InChI=1S/C14H19N3O2/c1-3-12(10-19-2)17-14(18)13-7-6-11(9-16-13)5-4-8-15/h6-7,9,12H,3,8,10,15H2,1-2H3,(H,17,18). The maximum absolute atomic E-state index is 11.9. The molecule has 0 saturated heterocycles. The lowest BCUT2D eigenvalue weighted by atomic mass is 10.2. The second-order valence-corrected chi connectivity index (χ2v) is 3.97. The van der Waals surface area contributed by atoms with Gasteiger partial charge in [-0.3, -0.25) is 4.79 Å².